The van der Waals surface area contributed by atoms with Crippen molar-refractivity contribution in [3.8, 4) is 0 Å². The molecule has 16 heavy (non-hydrogen) atoms. The van der Waals surface area contributed by atoms with Crippen molar-refractivity contribution in [2.45, 2.75) is 46.1 Å². The minimum absolute atomic E-state index is 0.430. The number of quaternary nitrogens is 1. The number of hydrogen-bond donors (Lipinski definition) is 1. The molecule has 2 aliphatic rings. The van der Waals surface area contributed by atoms with Gasteiger partial charge in [0.05, 0.1) is 26.8 Å². The third-order valence-electron chi connectivity index (χ3n) is 5.64. The Morgan fingerprint density at radius 1 is 1.25 bits per heavy atom. The van der Waals surface area contributed by atoms with Gasteiger partial charge in [0.1, 0.15) is 6.54 Å². The highest BCUT2D eigenvalue weighted by Gasteiger charge is 2.61. The molecule has 0 aliphatic heterocycles. The van der Waals surface area contributed by atoms with Crippen molar-refractivity contribution >= 4 is 0 Å². The molecule has 0 unspecified atom stereocenters. The van der Waals surface area contributed by atoms with Gasteiger partial charge < -0.3 is 9.64 Å². The van der Waals surface area contributed by atoms with E-state index in [1.807, 2.05) is 0 Å². The normalized spacial score (nSPS) is 40.9. The van der Waals surface area contributed by atoms with Crippen LogP contribution in [0.4, 0.5) is 0 Å². The molecule has 0 amide bonds. The summed E-state index contributed by atoms with van der Waals surface area (Å²) in [7, 11) is 4.38. The second kappa shape index (κ2) is 3.99. The Labute approximate surface area is 100 Å². The molecule has 2 aliphatic carbocycles. The molecular formula is C14H28NO+. The van der Waals surface area contributed by atoms with Gasteiger partial charge in [0.25, 0.3) is 0 Å². The van der Waals surface area contributed by atoms with Crippen LogP contribution < -0.4 is 4.90 Å². The minimum atomic E-state index is 0.430. The van der Waals surface area contributed by atoms with Crippen LogP contribution in [0.1, 0.15) is 40.0 Å². The molecule has 0 saturated heterocycles. The standard InChI is InChI=1S/C14H27NO/c1-13(2)11-6-7-14(13,3)12(10-11)16-9-8-15(4)5/h11-12H,6-10H2,1-5H3/p+1/t11-,12-,14-/m1/s1. The van der Waals surface area contributed by atoms with E-state index >= 15 is 0 Å². The maximum atomic E-state index is 6.17. The predicted molar refractivity (Wildman–Crippen MR) is 66.6 cm³/mol. The van der Waals surface area contributed by atoms with Crippen LogP contribution in [-0.4, -0.2) is 33.4 Å². The van der Waals surface area contributed by atoms with Crippen molar-refractivity contribution in [1.29, 1.82) is 0 Å². The molecule has 2 heteroatoms. The number of likely N-dealkylation sites (N-methyl/N-ethyl adjacent to an activating group) is 1. The fraction of sp³-hybridized carbons (Fsp3) is 1.00. The lowest BCUT2D eigenvalue weighted by molar-refractivity contribution is -0.858. The Kier molecular flexibility index (Phi) is 3.09. The summed E-state index contributed by atoms with van der Waals surface area (Å²) in [5.41, 5.74) is 0.919. The second-order valence-electron chi connectivity index (χ2n) is 6.93. The van der Waals surface area contributed by atoms with E-state index in [0.717, 1.165) is 19.1 Å². The van der Waals surface area contributed by atoms with Crippen molar-refractivity contribution in [3.63, 3.8) is 0 Å². The summed E-state index contributed by atoms with van der Waals surface area (Å²) in [5.74, 6) is 0.897. The molecule has 1 N–H and O–H groups in total. The lowest BCUT2D eigenvalue weighted by Crippen LogP contribution is -3.06. The zero-order valence-electron chi connectivity index (χ0n) is 11.6. The maximum Gasteiger partial charge on any atom is 0.100 e. The minimum Gasteiger partial charge on any atom is -0.372 e. The highest BCUT2D eigenvalue weighted by molar-refractivity contribution is 5.11. The Morgan fingerprint density at radius 2 is 1.94 bits per heavy atom. The van der Waals surface area contributed by atoms with Gasteiger partial charge >= 0.3 is 0 Å². The second-order valence-corrected chi connectivity index (χ2v) is 6.93. The van der Waals surface area contributed by atoms with E-state index in [1.54, 1.807) is 0 Å². The van der Waals surface area contributed by atoms with Crippen molar-refractivity contribution in [2.75, 3.05) is 27.2 Å². The highest BCUT2D eigenvalue weighted by Crippen LogP contribution is 2.66. The Hall–Kier alpha value is -0.0800. The number of nitrogens with one attached hydrogen (secondary N) is 1. The number of fused-ring (bicyclic) bond motifs is 2. The van der Waals surface area contributed by atoms with Gasteiger partial charge in [-0.25, -0.2) is 0 Å². The van der Waals surface area contributed by atoms with Crippen LogP contribution in [0.25, 0.3) is 0 Å². The van der Waals surface area contributed by atoms with Gasteiger partial charge in [-0.05, 0) is 36.0 Å². The van der Waals surface area contributed by atoms with Crippen LogP contribution in [0.15, 0.2) is 0 Å². The predicted octanol–water partition coefficient (Wildman–Crippen LogP) is 1.36. The molecule has 2 nitrogen and oxygen atoms in total. The summed E-state index contributed by atoms with van der Waals surface area (Å²) in [5, 5.41) is 0. The molecule has 94 valence electrons. The fourth-order valence-corrected chi connectivity index (χ4v) is 3.79. The molecule has 3 atom stereocenters. The Balaban J connectivity index is 1.94. The molecule has 2 fully saturated rings. The number of hydrogen-bond acceptors (Lipinski definition) is 1. The molecule has 0 spiro atoms. The molecule has 0 aromatic carbocycles. The SMILES string of the molecule is C[NH+](C)CCO[C@@H]1C[C@H]2CC[C@@]1(C)C2(C)C. The summed E-state index contributed by atoms with van der Waals surface area (Å²) in [6, 6.07) is 0. The van der Waals surface area contributed by atoms with Gasteiger partial charge in [0, 0.05) is 0 Å². The average Bonchev–Trinajstić information content (AvgIpc) is 2.49. The third kappa shape index (κ3) is 1.70. The van der Waals surface area contributed by atoms with Crippen molar-refractivity contribution in [1.82, 2.24) is 0 Å². The summed E-state index contributed by atoms with van der Waals surface area (Å²) in [4.78, 5) is 1.48. The lowest BCUT2D eigenvalue weighted by Gasteiger charge is -2.38. The average molecular weight is 226 g/mol. The molecule has 0 heterocycles. The van der Waals surface area contributed by atoms with E-state index in [9.17, 15) is 0 Å². The van der Waals surface area contributed by atoms with Crippen LogP contribution in [-0.2, 0) is 4.74 Å². The number of rotatable bonds is 4. The molecular weight excluding hydrogens is 198 g/mol. The van der Waals surface area contributed by atoms with Crippen LogP contribution in [0, 0.1) is 16.7 Å². The first-order valence-corrected chi connectivity index (χ1v) is 6.78. The molecule has 0 aromatic rings. The highest BCUT2D eigenvalue weighted by atomic mass is 16.5. The number of ether oxygens (including phenoxy) is 1. The van der Waals surface area contributed by atoms with Crippen molar-refractivity contribution in [3.05, 3.63) is 0 Å². The smallest absolute Gasteiger partial charge is 0.100 e. The van der Waals surface area contributed by atoms with E-state index in [1.165, 1.54) is 24.2 Å². The van der Waals surface area contributed by atoms with Crippen LogP contribution in [0.2, 0.25) is 0 Å². The van der Waals surface area contributed by atoms with Gasteiger partial charge in [-0.15, -0.1) is 0 Å². The zero-order valence-corrected chi connectivity index (χ0v) is 11.6. The van der Waals surface area contributed by atoms with Gasteiger partial charge in [-0.3, -0.25) is 0 Å². The van der Waals surface area contributed by atoms with E-state index in [0.29, 0.717) is 16.9 Å². The van der Waals surface area contributed by atoms with E-state index < -0.39 is 0 Å². The first-order chi connectivity index (χ1) is 7.38. The quantitative estimate of drug-likeness (QED) is 0.764. The van der Waals surface area contributed by atoms with Crippen LogP contribution in [0.3, 0.4) is 0 Å². The molecule has 0 radical (unpaired) electrons. The fourth-order valence-electron chi connectivity index (χ4n) is 3.79. The Bertz CT molecular complexity index is 261. The van der Waals surface area contributed by atoms with Gasteiger partial charge in [0.2, 0.25) is 0 Å². The van der Waals surface area contributed by atoms with Crippen molar-refractivity contribution in [2.24, 2.45) is 16.7 Å². The summed E-state index contributed by atoms with van der Waals surface area (Å²) < 4.78 is 6.17. The van der Waals surface area contributed by atoms with Crippen LogP contribution >= 0.6 is 0 Å². The van der Waals surface area contributed by atoms with E-state index in [2.05, 4.69) is 34.9 Å². The molecule has 2 saturated carbocycles. The van der Waals surface area contributed by atoms with Gasteiger partial charge in [0.15, 0.2) is 0 Å². The third-order valence-corrected chi connectivity index (χ3v) is 5.64. The van der Waals surface area contributed by atoms with Crippen molar-refractivity contribution < 1.29 is 9.64 Å². The van der Waals surface area contributed by atoms with Gasteiger partial charge in [-0.2, -0.15) is 0 Å². The summed E-state index contributed by atoms with van der Waals surface area (Å²) in [6.07, 6.45) is 4.60. The summed E-state index contributed by atoms with van der Waals surface area (Å²) >= 11 is 0. The van der Waals surface area contributed by atoms with Gasteiger partial charge in [-0.1, -0.05) is 20.8 Å². The largest absolute Gasteiger partial charge is 0.372 e. The van der Waals surface area contributed by atoms with E-state index in [4.69, 9.17) is 4.74 Å². The Morgan fingerprint density at radius 3 is 2.38 bits per heavy atom. The first kappa shape index (κ1) is 12.4. The summed E-state index contributed by atoms with van der Waals surface area (Å²) in [6.45, 7) is 9.40. The zero-order chi connectivity index (χ0) is 12.0. The topological polar surface area (TPSA) is 13.7 Å². The lowest BCUT2D eigenvalue weighted by atomic mass is 9.70. The molecule has 0 aromatic heterocycles. The van der Waals surface area contributed by atoms with Crippen LogP contribution in [0.5, 0.6) is 0 Å². The maximum absolute atomic E-state index is 6.17. The monoisotopic (exact) mass is 226 g/mol. The molecule has 2 rings (SSSR count). The molecule has 2 bridgehead atoms. The van der Waals surface area contributed by atoms with E-state index in [-0.39, 0.29) is 0 Å². The first-order valence-electron chi connectivity index (χ1n) is 6.78.